The standard InChI is InChI=1S/C18H17F2N7/c1-12-24-17-13(4-2-6-19)15(23-11-27(17)25-12)10-26-9-8-22-18(26)16-14(20)5-3-7-21-16/h3,5,7-9,11H,2,4,6,10H2,1H3. The van der Waals surface area contributed by atoms with E-state index in [1.165, 1.54) is 18.3 Å². The number of rotatable bonds is 6. The molecule has 0 bridgehead atoms. The lowest BCUT2D eigenvalue weighted by Gasteiger charge is -2.12. The first-order valence-corrected chi connectivity index (χ1v) is 8.55. The molecule has 0 aromatic carbocycles. The maximum atomic E-state index is 14.1. The summed E-state index contributed by atoms with van der Waals surface area (Å²) in [4.78, 5) is 17.3. The van der Waals surface area contributed by atoms with Gasteiger partial charge in [0.2, 0.25) is 0 Å². The van der Waals surface area contributed by atoms with Gasteiger partial charge in [-0.15, -0.1) is 0 Å². The first kappa shape index (κ1) is 17.2. The third kappa shape index (κ3) is 3.27. The fourth-order valence-electron chi connectivity index (χ4n) is 3.05. The van der Waals surface area contributed by atoms with Crippen molar-refractivity contribution in [2.45, 2.75) is 26.3 Å². The number of aromatic nitrogens is 7. The molecule has 0 unspecified atom stereocenters. The van der Waals surface area contributed by atoms with Gasteiger partial charge in [0, 0.05) is 24.2 Å². The number of nitrogens with zero attached hydrogens (tertiary/aromatic N) is 7. The molecule has 4 aromatic rings. The minimum Gasteiger partial charge on any atom is -0.324 e. The molecular weight excluding hydrogens is 352 g/mol. The lowest BCUT2D eigenvalue weighted by atomic mass is 10.1. The predicted octanol–water partition coefficient (Wildman–Crippen LogP) is 2.78. The summed E-state index contributed by atoms with van der Waals surface area (Å²) in [5, 5.41) is 4.27. The molecule has 138 valence electrons. The fraction of sp³-hybridized carbons (Fsp3) is 0.278. The van der Waals surface area contributed by atoms with Crippen molar-refractivity contribution in [1.82, 2.24) is 34.1 Å². The van der Waals surface area contributed by atoms with Crippen LogP contribution in [0.25, 0.3) is 17.2 Å². The molecule has 4 aromatic heterocycles. The Morgan fingerprint density at radius 3 is 2.85 bits per heavy atom. The van der Waals surface area contributed by atoms with Crippen LogP contribution in [0, 0.1) is 12.7 Å². The SMILES string of the molecule is Cc1nc2c(CCCF)c(Cn3ccnc3-c3ncccc3F)ncn2n1. The Morgan fingerprint density at radius 1 is 1.15 bits per heavy atom. The van der Waals surface area contributed by atoms with Gasteiger partial charge in [0.15, 0.2) is 17.3 Å². The van der Waals surface area contributed by atoms with Crippen molar-refractivity contribution in [1.29, 1.82) is 0 Å². The van der Waals surface area contributed by atoms with E-state index in [1.807, 2.05) is 0 Å². The minimum absolute atomic E-state index is 0.173. The zero-order chi connectivity index (χ0) is 18.8. The van der Waals surface area contributed by atoms with Crippen molar-refractivity contribution < 1.29 is 8.78 Å². The number of pyridine rings is 1. The van der Waals surface area contributed by atoms with Gasteiger partial charge in [0.05, 0.1) is 18.9 Å². The van der Waals surface area contributed by atoms with Gasteiger partial charge in [-0.2, -0.15) is 5.10 Å². The summed E-state index contributed by atoms with van der Waals surface area (Å²) in [5.74, 6) is 0.581. The zero-order valence-corrected chi connectivity index (χ0v) is 14.7. The van der Waals surface area contributed by atoms with Gasteiger partial charge in [-0.1, -0.05) is 0 Å². The van der Waals surface area contributed by atoms with Crippen LogP contribution in [0.4, 0.5) is 8.78 Å². The second kappa shape index (κ2) is 7.18. The molecule has 4 heterocycles. The Kier molecular flexibility index (Phi) is 4.57. The zero-order valence-electron chi connectivity index (χ0n) is 14.7. The van der Waals surface area contributed by atoms with Gasteiger partial charge in [0.1, 0.15) is 17.8 Å². The molecule has 0 N–H and O–H groups in total. The van der Waals surface area contributed by atoms with E-state index >= 15 is 0 Å². The van der Waals surface area contributed by atoms with Crippen molar-refractivity contribution >= 4 is 5.65 Å². The lowest BCUT2D eigenvalue weighted by molar-refractivity contribution is 0.472. The Labute approximate surface area is 153 Å². The minimum atomic E-state index is -0.445. The van der Waals surface area contributed by atoms with E-state index in [4.69, 9.17) is 0 Å². The summed E-state index contributed by atoms with van der Waals surface area (Å²) in [6, 6.07) is 2.88. The predicted molar refractivity (Wildman–Crippen MR) is 94.3 cm³/mol. The van der Waals surface area contributed by atoms with Crippen LogP contribution in [-0.2, 0) is 13.0 Å². The Balaban J connectivity index is 1.76. The summed E-state index contributed by atoms with van der Waals surface area (Å²) in [5.41, 5.74) is 2.39. The first-order chi connectivity index (χ1) is 13.2. The van der Waals surface area contributed by atoms with Crippen LogP contribution in [0.5, 0.6) is 0 Å². The third-order valence-electron chi connectivity index (χ3n) is 4.24. The van der Waals surface area contributed by atoms with E-state index in [1.54, 1.807) is 34.7 Å². The van der Waals surface area contributed by atoms with Crippen LogP contribution in [-0.4, -0.2) is 40.8 Å². The van der Waals surface area contributed by atoms with Crippen molar-refractivity contribution in [3.8, 4) is 11.5 Å². The molecule has 7 nitrogen and oxygen atoms in total. The summed E-state index contributed by atoms with van der Waals surface area (Å²) in [6.07, 6.45) is 7.29. The van der Waals surface area contributed by atoms with Crippen LogP contribution in [0.15, 0.2) is 37.1 Å². The number of aryl methyl sites for hydroxylation is 2. The van der Waals surface area contributed by atoms with E-state index in [9.17, 15) is 8.78 Å². The normalized spacial score (nSPS) is 11.4. The van der Waals surface area contributed by atoms with Crippen LogP contribution >= 0.6 is 0 Å². The topological polar surface area (TPSA) is 73.8 Å². The summed E-state index contributed by atoms with van der Waals surface area (Å²) in [7, 11) is 0. The maximum absolute atomic E-state index is 14.1. The molecule has 27 heavy (non-hydrogen) atoms. The molecule has 0 aliphatic carbocycles. The second-order valence-electron chi connectivity index (χ2n) is 6.10. The summed E-state index contributed by atoms with van der Waals surface area (Å²) >= 11 is 0. The maximum Gasteiger partial charge on any atom is 0.162 e. The monoisotopic (exact) mass is 369 g/mol. The first-order valence-electron chi connectivity index (χ1n) is 8.55. The fourth-order valence-corrected chi connectivity index (χ4v) is 3.05. The number of fused-ring (bicyclic) bond motifs is 1. The van der Waals surface area contributed by atoms with Crippen molar-refractivity contribution in [2.24, 2.45) is 0 Å². The molecule has 0 amide bonds. The molecule has 0 spiro atoms. The molecule has 0 saturated carbocycles. The number of halogens is 2. The molecule has 0 aliphatic rings. The van der Waals surface area contributed by atoms with Crippen molar-refractivity contribution in [2.75, 3.05) is 6.67 Å². The van der Waals surface area contributed by atoms with E-state index in [0.29, 0.717) is 36.7 Å². The molecule has 0 radical (unpaired) electrons. The van der Waals surface area contributed by atoms with Crippen molar-refractivity contribution in [3.05, 3.63) is 59.9 Å². The molecule has 0 saturated heterocycles. The highest BCUT2D eigenvalue weighted by atomic mass is 19.1. The Morgan fingerprint density at radius 2 is 2.04 bits per heavy atom. The van der Waals surface area contributed by atoms with E-state index in [0.717, 1.165) is 11.3 Å². The lowest BCUT2D eigenvalue weighted by Crippen LogP contribution is -2.10. The van der Waals surface area contributed by atoms with E-state index in [2.05, 4.69) is 25.0 Å². The molecule has 0 aliphatic heterocycles. The highest BCUT2D eigenvalue weighted by Crippen LogP contribution is 2.21. The number of imidazole rings is 1. The quantitative estimate of drug-likeness (QED) is 0.522. The molecule has 0 fully saturated rings. The largest absolute Gasteiger partial charge is 0.324 e. The van der Waals surface area contributed by atoms with Crippen LogP contribution < -0.4 is 0 Å². The van der Waals surface area contributed by atoms with Crippen molar-refractivity contribution in [3.63, 3.8) is 0 Å². The number of hydrogen-bond donors (Lipinski definition) is 0. The van der Waals surface area contributed by atoms with Gasteiger partial charge in [-0.3, -0.25) is 4.39 Å². The third-order valence-corrected chi connectivity index (χ3v) is 4.24. The molecule has 0 atom stereocenters. The van der Waals surface area contributed by atoms with Crippen LogP contribution in [0.3, 0.4) is 0 Å². The highest BCUT2D eigenvalue weighted by molar-refractivity contribution is 5.52. The summed E-state index contributed by atoms with van der Waals surface area (Å²) < 4.78 is 30.3. The van der Waals surface area contributed by atoms with Crippen LogP contribution in [0.1, 0.15) is 23.5 Å². The summed E-state index contributed by atoms with van der Waals surface area (Å²) in [6.45, 7) is 1.71. The van der Waals surface area contributed by atoms with Gasteiger partial charge < -0.3 is 4.57 Å². The average Bonchev–Trinajstić information content (AvgIpc) is 3.27. The average molecular weight is 369 g/mol. The van der Waals surface area contributed by atoms with Crippen LogP contribution in [0.2, 0.25) is 0 Å². The number of alkyl halides is 1. The molecule has 4 rings (SSSR count). The Hall–Kier alpha value is -3.23. The van der Waals surface area contributed by atoms with Gasteiger partial charge in [0.25, 0.3) is 0 Å². The molecular formula is C18H17F2N7. The van der Waals surface area contributed by atoms with Gasteiger partial charge in [-0.05, 0) is 31.9 Å². The highest BCUT2D eigenvalue weighted by Gasteiger charge is 2.17. The smallest absolute Gasteiger partial charge is 0.162 e. The molecule has 9 heteroatoms. The van der Waals surface area contributed by atoms with Gasteiger partial charge in [-0.25, -0.2) is 28.8 Å². The van der Waals surface area contributed by atoms with E-state index < -0.39 is 12.5 Å². The second-order valence-corrected chi connectivity index (χ2v) is 6.10. The Bertz CT molecular complexity index is 1090. The van der Waals surface area contributed by atoms with E-state index in [-0.39, 0.29) is 5.69 Å². The number of hydrogen-bond acceptors (Lipinski definition) is 5. The van der Waals surface area contributed by atoms with Gasteiger partial charge >= 0.3 is 0 Å².